The number of carbonyl (C=O) groups is 1. The van der Waals surface area contributed by atoms with E-state index in [4.69, 9.17) is 0 Å². The number of nitrogens with zero attached hydrogens (tertiary/aromatic N) is 1. The highest BCUT2D eigenvalue weighted by molar-refractivity contribution is 14.0. The number of guanidine groups is 1. The number of hydrogen-bond acceptors (Lipinski definition) is 3. The van der Waals surface area contributed by atoms with Crippen molar-refractivity contribution in [3.05, 3.63) is 35.4 Å². The molecule has 0 aliphatic carbocycles. The molecule has 0 atom stereocenters. The third-order valence-electron chi connectivity index (χ3n) is 2.27. The van der Waals surface area contributed by atoms with Crippen molar-refractivity contribution in [1.29, 1.82) is 0 Å². The summed E-state index contributed by atoms with van der Waals surface area (Å²) in [4.78, 5) is 15.3. The fraction of sp³-hybridized carbons (Fsp3) is 0.333. The molecule has 0 saturated heterocycles. The number of hydrogen-bond donors (Lipinski definition) is 2. The number of ether oxygens (including phenoxy) is 1. The summed E-state index contributed by atoms with van der Waals surface area (Å²) < 4.78 is 4.66. The summed E-state index contributed by atoms with van der Waals surface area (Å²) in [5.74, 6) is 0.373. The molecule has 0 fully saturated rings. The maximum atomic E-state index is 11.3. The number of carbonyl (C=O) groups excluding carboxylic acids is 1. The highest BCUT2D eigenvalue weighted by Crippen LogP contribution is 2.06. The zero-order valence-corrected chi connectivity index (χ0v) is 13.0. The molecule has 0 bridgehead atoms. The van der Waals surface area contributed by atoms with E-state index in [1.54, 1.807) is 26.2 Å². The Bertz CT molecular complexity index is 422. The zero-order valence-electron chi connectivity index (χ0n) is 10.7. The highest BCUT2D eigenvalue weighted by Gasteiger charge is 2.05. The van der Waals surface area contributed by atoms with Crippen LogP contribution in [0.1, 0.15) is 15.9 Å². The fourth-order valence-electron chi connectivity index (χ4n) is 1.39. The van der Waals surface area contributed by atoms with Gasteiger partial charge in [0.2, 0.25) is 0 Å². The smallest absolute Gasteiger partial charge is 0.337 e. The maximum absolute atomic E-state index is 11.3. The third-order valence-corrected chi connectivity index (χ3v) is 2.27. The van der Waals surface area contributed by atoms with Crippen LogP contribution in [-0.2, 0) is 11.3 Å². The molecule has 0 radical (unpaired) electrons. The van der Waals surface area contributed by atoms with E-state index in [0.717, 1.165) is 5.56 Å². The van der Waals surface area contributed by atoms with Gasteiger partial charge in [-0.25, -0.2) is 4.79 Å². The lowest BCUT2D eigenvalue weighted by Crippen LogP contribution is -2.34. The van der Waals surface area contributed by atoms with Crippen LogP contribution >= 0.6 is 24.0 Å². The highest BCUT2D eigenvalue weighted by atomic mass is 127. The minimum Gasteiger partial charge on any atom is -0.465 e. The number of benzene rings is 1. The van der Waals surface area contributed by atoms with Gasteiger partial charge in [-0.05, 0) is 17.7 Å². The Kier molecular flexibility index (Phi) is 8.10. The monoisotopic (exact) mass is 363 g/mol. The van der Waals surface area contributed by atoms with Crippen molar-refractivity contribution >= 4 is 35.9 Å². The Hall–Kier alpha value is -1.31. The van der Waals surface area contributed by atoms with Gasteiger partial charge in [0.1, 0.15) is 0 Å². The number of esters is 1. The Morgan fingerprint density at radius 1 is 1.44 bits per heavy atom. The van der Waals surface area contributed by atoms with Crippen molar-refractivity contribution < 1.29 is 9.53 Å². The van der Waals surface area contributed by atoms with Gasteiger partial charge in [0.05, 0.1) is 12.7 Å². The summed E-state index contributed by atoms with van der Waals surface area (Å²) in [7, 11) is 4.86. The SMILES string of the molecule is CN=C(NC)NCc1cccc(C(=O)OC)c1.I. The molecule has 1 rings (SSSR count). The van der Waals surface area contributed by atoms with Gasteiger partial charge in [-0.1, -0.05) is 12.1 Å². The average Bonchev–Trinajstić information content (AvgIpc) is 2.39. The van der Waals surface area contributed by atoms with Gasteiger partial charge >= 0.3 is 5.97 Å². The van der Waals surface area contributed by atoms with Crippen molar-refractivity contribution in [2.75, 3.05) is 21.2 Å². The van der Waals surface area contributed by atoms with E-state index < -0.39 is 0 Å². The van der Waals surface area contributed by atoms with Crippen LogP contribution in [0.4, 0.5) is 0 Å². The lowest BCUT2D eigenvalue weighted by atomic mass is 10.1. The van der Waals surface area contributed by atoms with Crippen LogP contribution < -0.4 is 10.6 Å². The van der Waals surface area contributed by atoms with Gasteiger partial charge in [0.15, 0.2) is 5.96 Å². The van der Waals surface area contributed by atoms with E-state index in [-0.39, 0.29) is 29.9 Å². The summed E-state index contributed by atoms with van der Waals surface area (Å²) in [6.45, 7) is 0.596. The van der Waals surface area contributed by atoms with E-state index in [1.807, 2.05) is 12.1 Å². The lowest BCUT2D eigenvalue weighted by molar-refractivity contribution is 0.0600. The largest absolute Gasteiger partial charge is 0.465 e. The van der Waals surface area contributed by atoms with Crippen LogP contribution in [0.3, 0.4) is 0 Å². The van der Waals surface area contributed by atoms with Gasteiger partial charge in [-0.15, -0.1) is 24.0 Å². The second kappa shape index (κ2) is 8.73. The Labute approximate surface area is 124 Å². The normalized spacial score (nSPS) is 10.3. The van der Waals surface area contributed by atoms with Crippen LogP contribution in [0.15, 0.2) is 29.3 Å². The number of aliphatic imine (C=N–C) groups is 1. The minimum absolute atomic E-state index is 0. The first-order valence-electron chi connectivity index (χ1n) is 5.27. The van der Waals surface area contributed by atoms with Crippen molar-refractivity contribution in [3.8, 4) is 0 Å². The molecule has 6 heteroatoms. The number of methoxy groups -OCH3 is 1. The molecule has 100 valence electrons. The van der Waals surface area contributed by atoms with E-state index >= 15 is 0 Å². The van der Waals surface area contributed by atoms with Crippen molar-refractivity contribution in [1.82, 2.24) is 10.6 Å². The maximum Gasteiger partial charge on any atom is 0.337 e. The third kappa shape index (κ3) is 4.91. The molecule has 18 heavy (non-hydrogen) atoms. The second-order valence-corrected chi connectivity index (χ2v) is 3.37. The first-order valence-corrected chi connectivity index (χ1v) is 5.27. The van der Waals surface area contributed by atoms with E-state index in [9.17, 15) is 4.79 Å². The average molecular weight is 363 g/mol. The minimum atomic E-state index is -0.329. The van der Waals surface area contributed by atoms with Crippen molar-refractivity contribution in [2.24, 2.45) is 4.99 Å². The van der Waals surface area contributed by atoms with Crippen LogP contribution in [0, 0.1) is 0 Å². The van der Waals surface area contributed by atoms with E-state index in [2.05, 4.69) is 20.4 Å². The number of nitrogens with one attached hydrogen (secondary N) is 2. The number of halogens is 1. The molecule has 0 heterocycles. The molecule has 0 aliphatic heterocycles. The zero-order chi connectivity index (χ0) is 12.7. The van der Waals surface area contributed by atoms with Gasteiger partial charge in [-0.2, -0.15) is 0 Å². The molecular formula is C12H18IN3O2. The van der Waals surface area contributed by atoms with E-state index in [1.165, 1.54) is 7.11 Å². The molecule has 0 unspecified atom stereocenters. The second-order valence-electron chi connectivity index (χ2n) is 3.37. The molecular weight excluding hydrogens is 345 g/mol. The molecule has 1 aromatic rings. The predicted octanol–water partition coefficient (Wildman–Crippen LogP) is 1.39. The van der Waals surface area contributed by atoms with E-state index in [0.29, 0.717) is 18.1 Å². The summed E-state index contributed by atoms with van der Waals surface area (Å²) in [5.41, 5.74) is 1.54. The Morgan fingerprint density at radius 3 is 2.72 bits per heavy atom. The van der Waals surface area contributed by atoms with Gasteiger partial charge in [-0.3, -0.25) is 4.99 Å². The van der Waals surface area contributed by atoms with Gasteiger partial charge < -0.3 is 15.4 Å². The standard InChI is InChI=1S/C12H17N3O2.HI/c1-13-12(14-2)15-8-9-5-4-6-10(7-9)11(16)17-3;/h4-7H,8H2,1-3H3,(H2,13,14,15);1H. The summed E-state index contributed by atoms with van der Waals surface area (Å²) in [6.07, 6.45) is 0. The van der Waals surface area contributed by atoms with Crippen LogP contribution in [0.25, 0.3) is 0 Å². The van der Waals surface area contributed by atoms with Crippen LogP contribution in [0.2, 0.25) is 0 Å². The molecule has 5 nitrogen and oxygen atoms in total. The Morgan fingerprint density at radius 2 is 2.17 bits per heavy atom. The molecule has 0 spiro atoms. The lowest BCUT2D eigenvalue weighted by Gasteiger charge is -2.09. The van der Waals surface area contributed by atoms with Crippen molar-refractivity contribution in [3.63, 3.8) is 0 Å². The molecule has 1 aromatic carbocycles. The number of rotatable bonds is 3. The molecule has 0 aliphatic rings. The van der Waals surface area contributed by atoms with Crippen LogP contribution in [0.5, 0.6) is 0 Å². The van der Waals surface area contributed by atoms with Crippen LogP contribution in [-0.4, -0.2) is 33.1 Å². The predicted molar refractivity (Wildman–Crippen MR) is 82.5 cm³/mol. The summed E-state index contributed by atoms with van der Waals surface area (Å²) in [5, 5.41) is 6.02. The summed E-state index contributed by atoms with van der Waals surface area (Å²) in [6, 6.07) is 7.28. The van der Waals surface area contributed by atoms with Gasteiger partial charge in [0, 0.05) is 20.6 Å². The first-order chi connectivity index (χ1) is 8.21. The molecule has 0 aromatic heterocycles. The summed E-state index contributed by atoms with van der Waals surface area (Å²) >= 11 is 0. The topological polar surface area (TPSA) is 62.7 Å². The molecule has 0 amide bonds. The van der Waals surface area contributed by atoms with Gasteiger partial charge in [0.25, 0.3) is 0 Å². The Balaban J connectivity index is 0.00000289. The fourth-order valence-corrected chi connectivity index (χ4v) is 1.39. The quantitative estimate of drug-likeness (QED) is 0.369. The molecule has 2 N–H and O–H groups in total. The molecule has 0 saturated carbocycles. The first kappa shape index (κ1) is 16.7. The van der Waals surface area contributed by atoms with Crippen molar-refractivity contribution in [2.45, 2.75) is 6.54 Å².